The van der Waals surface area contributed by atoms with Crippen LogP contribution in [0.4, 0.5) is 19.0 Å². The highest BCUT2D eigenvalue weighted by Gasteiger charge is 2.37. The summed E-state index contributed by atoms with van der Waals surface area (Å²) in [6, 6.07) is 9.59. The van der Waals surface area contributed by atoms with Crippen LogP contribution in [0.5, 0.6) is 0 Å². The van der Waals surface area contributed by atoms with E-state index in [9.17, 15) is 22.8 Å². The van der Waals surface area contributed by atoms with E-state index < -0.39 is 28.6 Å². The van der Waals surface area contributed by atoms with Gasteiger partial charge in [-0.05, 0) is 54.7 Å². The number of aromatic nitrogens is 3. The highest BCUT2D eigenvalue weighted by atomic mass is 35.5. The lowest BCUT2D eigenvalue weighted by Gasteiger charge is -2.29. The van der Waals surface area contributed by atoms with Crippen LogP contribution in [0.2, 0.25) is 5.02 Å². The number of aryl methyl sites for hydroxylation is 2. The van der Waals surface area contributed by atoms with Gasteiger partial charge in [0, 0.05) is 31.1 Å². The summed E-state index contributed by atoms with van der Waals surface area (Å²) in [4.78, 5) is 31.5. The average molecular weight is 572 g/mol. The third kappa shape index (κ3) is 4.69. The molecule has 1 aliphatic heterocycles. The van der Waals surface area contributed by atoms with Crippen molar-refractivity contribution in [2.75, 3.05) is 18.8 Å². The predicted molar refractivity (Wildman–Crippen MR) is 151 cm³/mol. The van der Waals surface area contributed by atoms with Crippen molar-refractivity contribution < 1.29 is 13.2 Å². The maximum absolute atomic E-state index is 14.3. The Morgan fingerprint density at radius 3 is 2.38 bits per heavy atom. The van der Waals surface area contributed by atoms with Crippen molar-refractivity contribution in [1.29, 1.82) is 0 Å². The highest BCUT2D eigenvalue weighted by molar-refractivity contribution is 6.34. The number of fused-ring (bicyclic) bond motifs is 1. The summed E-state index contributed by atoms with van der Waals surface area (Å²) in [5, 5.41) is 3.10. The summed E-state index contributed by atoms with van der Waals surface area (Å²) >= 11 is 6.66. The van der Waals surface area contributed by atoms with Crippen LogP contribution in [0.1, 0.15) is 42.0 Å². The Kier molecular flexibility index (Phi) is 7.04. The molecule has 2 aromatic carbocycles. The number of pyridine rings is 1. The first kappa shape index (κ1) is 27.9. The zero-order valence-electron chi connectivity index (χ0n) is 22.5. The molecule has 3 heterocycles. The van der Waals surface area contributed by atoms with Crippen LogP contribution in [0.25, 0.3) is 28.0 Å². The quantitative estimate of drug-likeness (QED) is 0.312. The third-order valence-corrected chi connectivity index (χ3v) is 7.74. The fourth-order valence-corrected chi connectivity index (χ4v) is 5.65. The molecule has 1 aliphatic rings. The maximum atomic E-state index is 14.3. The lowest BCUT2D eigenvalue weighted by molar-refractivity contribution is -0.137. The van der Waals surface area contributed by atoms with Crippen LogP contribution in [0, 0.1) is 19.8 Å². The van der Waals surface area contributed by atoms with Crippen LogP contribution in [-0.4, -0.2) is 27.2 Å². The number of benzene rings is 2. The second-order valence-electron chi connectivity index (χ2n) is 10.7. The van der Waals surface area contributed by atoms with Crippen molar-refractivity contribution in [3.8, 4) is 16.9 Å². The van der Waals surface area contributed by atoms with Crippen molar-refractivity contribution in [2.24, 2.45) is 5.92 Å². The van der Waals surface area contributed by atoms with Gasteiger partial charge in [-0.2, -0.15) is 13.2 Å². The predicted octanol–water partition coefficient (Wildman–Crippen LogP) is 5.43. The zero-order valence-corrected chi connectivity index (χ0v) is 23.2. The van der Waals surface area contributed by atoms with Crippen LogP contribution in [0.3, 0.4) is 0 Å². The highest BCUT2D eigenvalue weighted by Crippen LogP contribution is 2.42. The Labute approximate surface area is 233 Å². The summed E-state index contributed by atoms with van der Waals surface area (Å²) in [6.07, 6.45) is -4.74. The summed E-state index contributed by atoms with van der Waals surface area (Å²) < 4.78 is 45.4. The van der Waals surface area contributed by atoms with E-state index in [0.29, 0.717) is 24.3 Å². The maximum Gasteiger partial charge on any atom is 0.418 e. The van der Waals surface area contributed by atoms with Gasteiger partial charge in [0.1, 0.15) is 5.82 Å². The van der Waals surface area contributed by atoms with Gasteiger partial charge in [0.15, 0.2) is 0 Å². The van der Waals surface area contributed by atoms with E-state index >= 15 is 0 Å². The molecule has 0 spiro atoms. The molecule has 1 fully saturated rings. The molecule has 0 aliphatic carbocycles. The molecule has 0 amide bonds. The van der Waals surface area contributed by atoms with E-state index in [4.69, 9.17) is 17.3 Å². The van der Waals surface area contributed by atoms with Gasteiger partial charge >= 0.3 is 17.3 Å². The molecule has 0 unspecified atom stereocenters. The van der Waals surface area contributed by atoms with Crippen LogP contribution in [-0.2, 0) is 12.7 Å². The summed E-state index contributed by atoms with van der Waals surface area (Å²) in [6.45, 7) is 8.69. The minimum Gasteiger partial charge on any atom is -0.384 e. The van der Waals surface area contributed by atoms with Gasteiger partial charge in [0.2, 0.25) is 0 Å². The molecule has 4 aromatic rings. The largest absolute Gasteiger partial charge is 0.418 e. The molecular formula is C29H29ClF3N5O2. The van der Waals surface area contributed by atoms with Gasteiger partial charge in [0.25, 0.3) is 0 Å². The van der Waals surface area contributed by atoms with Gasteiger partial charge in [-0.25, -0.2) is 4.98 Å². The van der Waals surface area contributed by atoms with E-state index in [2.05, 4.69) is 10.3 Å². The number of anilines is 1. The summed E-state index contributed by atoms with van der Waals surface area (Å²) in [7, 11) is 0. The molecule has 40 heavy (non-hydrogen) atoms. The molecule has 210 valence electrons. The number of hydrogen-bond donors (Lipinski definition) is 2. The fourth-order valence-electron chi connectivity index (χ4n) is 5.40. The Morgan fingerprint density at radius 1 is 1.07 bits per heavy atom. The summed E-state index contributed by atoms with van der Waals surface area (Å²) in [5.74, 6) is 0.00837. The number of rotatable bonds is 5. The Bertz CT molecular complexity index is 1770. The zero-order chi connectivity index (χ0) is 29.1. The number of para-hydroxylation sites is 1. The molecule has 2 aromatic heterocycles. The van der Waals surface area contributed by atoms with E-state index in [1.54, 1.807) is 0 Å². The average Bonchev–Trinajstić information content (AvgIpc) is 2.82. The van der Waals surface area contributed by atoms with Crippen LogP contribution >= 0.6 is 11.6 Å². The van der Waals surface area contributed by atoms with Crippen LogP contribution in [0.15, 0.2) is 46.0 Å². The second kappa shape index (κ2) is 10.1. The standard InChI is InChI=1S/C29H29ClF3N5O2/c1-14(2)18-7-5-6-15(3)26(18)38-22-9-19(25-24(29(31,32)33)16(4)8-23(34)36-25)20(30)10-21(22)37(27(39)28(38)40)13-17-11-35-12-17/h5-10,14,17,35H,11-13H2,1-4H3,(H2,34,36). The molecular weight excluding hydrogens is 543 g/mol. The topological polar surface area (TPSA) is 94.9 Å². The van der Waals surface area contributed by atoms with Crippen LogP contribution < -0.4 is 22.2 Å². The number of nitrogens with two attached hydrogens (primary N) is 1. The minimum atomic E-state index is -4.74. The first-order valence-corrected chi connectivity index (χ1v) is 13.3. The Hall–Kier alpha value is -3.63. The monoisotopic (exact) mass is 571 g/mol. The number of nitrogens with one attached hydrogen (secondary N) is 1. The van der Waals surface area contributed by atoms with E-state index in [1.807, 2.05) is 39.0 Å². The number of alkyl halides is 3. The lowest BCUT2D eigenvalue weighted by atomic mass is 9.97. The van der Waals surface area contributed by atoms with E-state index in [1.165, 1.54) is 28.2 Å². The van der Waals surface area contributed by atoms with Crippen molar-refractivity contribution in [1.82, 2.24) is 19.4 Å². The molecule has 3 N–H and O–H groups in total. The normalized spacial score (nSPS) is 14.2. The molecule has 0 atom stereocenters. The Balaban J connectivity index is 1.95. The minimum absolute atomic E-state index is 0.0119. The van der Waals surface area contributed by atoms with Crippen molar-refractivity contribution in [3.05, 3.63) is 84.4 Å². The first-order chi connectivity index (χ1) is 18.8. The molecule has 11 heteroatoms. The van der Waals surface area contributed by atoms with Crippen molar-refractivity contribution in [2.45, 2.75) is 46.3 Å². The molecule has 7 nitrogen and oxygen atoms in total. The fraction of sp³-hybridized carbons (Fsp3) is 0.345. The molecule has 0 saturated carbocycles. The van der Waals surface area contributed by atoms with Gasteiger partial charge in [-0.15, -0.1) is 0 Å². The van der Waals surface area contributed by atoms with Crippen molar-refractivity contribution in [3.63, 3.8) is 0 Å². The molecule has 0 radical (unpaired) electrons. The number of halogens is 4. The first-order valence-electron chi connectivity index (χ1n) is 12.9. The molecule has 5 rings (SSSR count). The smallest absolute Gasteiger partial charge is 0.384 e. The molecule has 0 bridgehead atoms. The van der Waals surface area contributed by atoms with Gasteiger partial charge in [-0.3, -0.25) is 14.2 Å². The van der Waals surface area contributed by atoms with E-state index in [0.717, 1.165) is 17.2 Å². The Morgan fingerprint density at radius 2 is 1.77 bits per heavy atom. The van der Waals surface area contributed by atoms with Gasteiger partial charge < -0.3 is 15.6 Å². The van der Waals surface area contributed by atoms with Crippen molar-refractivity contribution >= 4 is 28.5 Å². The van der Waals surface area contributed by atoms with Gasteiger partial charge in [-0.1, -0.05) is 43.6 Å². The number of nitrogen functional groups attached to an aromatic ring is 1. The number of nitrogens with zero attached hydrogens (tertiary/aromatic N) is 3. The third-order valence-electron chi connectivity index (χ3n) is 7.42. The van der Waals surface area contributed by atoms with Gasteiger partial charge in [0.05, 0.1) is 33.0 Å². The molecule has 1 saturated heterocycles. The SMILES string of the molecule is Cc1cccc(C(C)C)c1-n1c(=O)c(=O)n(CC2CNC2)c2cc(Cl)c(-c3nc(N)cc(C)c3C(F)(F)F)cc21. The number of hydrogen-bond acceptors (Lipinski definition) is 5. The lowest BCUT2D eigenvalue weighted by Crippen LogP contribution is -2.48. The second-order valence-corrected chi connectivity index (χ2v) is 11.1. The summed E-state index contributed by atoms with van der Waals surface area (Å²) in [5.41, 5.74) is 5.47. The van der Waals surface area contributed by atoms with E-state index in [-0.39, 0.29) is 45.9 Å².